The number of imide groups is 1. The minimum atomic E-state index is -0.685. The lowest BCUT2D eigenvalue weighted by atomic mass is 9.90. The maximum atomic E-state index is 14.1. The largest absolute Gasteiger partial charge is 0.388 e. The van der Waals surface area contributed by atoms with Crippen LogP contribution in [0.3, 0.4) is 0 Å². The number of nitrogens with zero attached hydrogens (tertiary/aromatic N) is 3. The summed E-state index contributed by atoms with van der Waals surface area (Å²) < 4.78 is 0. The Morgan fingerprint density at radius 1 is 0.842 bits per heavy atom. The Morgan fingerprint density at radius 3 is 2.16 bits per heavy atom. The lowest BCUT2D eigenvalue weighted by Gasteiger charge is -2.35. The SMILES string of the molecule is CNc1cccc(NC(=O)CN2C(=O)N(CC(=O)C(C)(C)C)c3ccccc3N(C3CCCCC3)C2=O)c1. The van der Waals surface area contributed by atoms with E-state index in [-0.39, 0.29) is 18.4 Å². The molecule has 4 rings (SSSR count). The number of fused-ring (bicyclic) bond motifs is 1. The molecule has 5 amide bonds. The standard InChI is InChI=1S/C29H37N5O4/c1-29(2,3)25(35)18-32-23-15-8-9-16-24(23)34(22-13-6-5-7-14-22)28(38)33(27(32)37)19-26(36)31-21-12-10-11-20(17-21)30-4/h8-12,15-17,22,30H,5-7,13-14,18-19H2,1-4H3,(H,31,36). The van der Waals surface area contributed by atoms with Crippen molar-refractivity contribution in [2.45, 2.75) is 58.9 Å². The summed E-state index contributed by atoms with van der Waals surface area (Å²) in [7, 11) is 1.78. The van der Waals surface area contributed by atoms with E-state index in [9.17, 15) is 19.2 Å². The zero-order chi connectivity index (χ0) is 27.4. The van der Waals surface area contributed by atoms with E-state index >= 15 is 0 Å². The fourth-order valence-corrected chi connectivity index (χ4v) is 4.92. The molecule has 1 heterocycles. The van der Waals surface area contributed by atoms with Crippen LogP contribution >= 0.6 is 0 Å². The number of hydrogen-bond donors (Lipinski definition) is 2. The summed E-state index contributed by atoms with van der Waals surface area (Å²) in [5, 5.41) is 5.81. The summed E-state index contributed by atoms with van der Waals surface area (Å²) in [5.41, 5.74) is 1.76. The molecule has 1 aliphatic carbocycles. The van der Waals surface area contributed by atoms with Gasteiger partial charge >= 0.3 is 12.1 Å². The molecular weight excluding hydrogens is 482 g/mol. The molecule has 0 aromatic heterocycles. The highest BCUT2D eigenvalue weighted by Crippen LogP contribution is 2.38. The number of anilines is 4. The third-order valence-corrected chi connectivity index (χ3v) is 7.15. The number of amides is 5. The van der Waals surface area contributed by atoms with E-state index < -0.39 is 29.9 Å². The zero-order valence-corrected chi connectivity index (χ0v) is 22.6. The van der Waals surface area contributed by atoms with Gasteiger partial charge in [0, 0.05) is 29.9 Å². The Bertz CT molecular complexity index is 1220. The van der Waals surface area contributed by atoms with E-state index in [1.54, 1.807) is 63.1 Å². The number of ketones is 1. The summed E-state index contributed by atoms with van der Waals surface area (Å²) in [6.07, 6.45) is 4.69. The van der Waals surface area contributed by atoms with Crippen LogP contribution in [0, 0.1) is 5.41 Å². The van der Waals surface area contributed by atoms with E-state index in [4.69, 9.17) is 0 Å². The fraction of sp³-hybridized carbons (Fsp3) is 0.448. The van der Waals surface area contributed by atoms with E-state index in [0.717, 1.165) is 42.7 Å². The topological polar surface area (TPSA) is 102 Å². The van der Waals surface area contributed by atoms with Crippen LogP contribution in [-0.2, 0) is 9.59 Å². The second-order valence-electron chi connectivity index (χ2n) is 10.9. The predicted octanol–water partition coefficient (Wildman–Crippen LogP) is 5.48. The molecule has 2 aromatic carbocycles. The molecule has 0 atom stereocenters. The van der Waals surface area contributed by atoms with Crippen molar-refractivity contribution in [3.63, 3.8) is 0 Å². The molecule has 9 heteroatoms. The van der Waals surface area contributed by atoms with Crippen LogP contribution in [0.5, 0.6) is 0 Å². The first-order valence-electron chi connectivity index (χ1n) is 13.2. The van der Waals surface area contributed by atoms with Crippen molar-refractivity contribution >= 4 is 46.5 Å². The molecule has 38 heavy (non-hydrogen) atoms. The second kappa shape index (κ2) is 11.2. The van der Waals surface area contributed by atoms with Crippen molar-refractivity contribution in [1.82, 2.24) is 4.90 Å². The van der Waals surface area contributed by atoms with Crippen LogP contribution in [0.1, 0.15) is 52.9 Å². The molecule has 1 aliphatic heterocycles. The quantitative estimate of drug-likeness (QED) is 0.504. The molecule has 2 N–H and O–H groups in total. The van der Waals surface area contributed by atoms with Gasteiger partial charge in [-0.25, -0.2) is 14.5 Å². The number of urea groups is 2. The van der Waals surface area contributed by atoms with Crippen LogP contribution in [0.4, 0.5) is 32.3 Å². The van der Waals surface area contributed by atoms with Crippen molar-refractivity contribution in [3.8, 4) is 0 Å². The van der Waals surface area contributed by atoms with Gasteiger partial charge in [0.1, 0.15) is 6.54 Å². The molecule has 0 saturated heterocycles. The molecule has 9 nitrogen and oxygen atoms in total. The number of nitrogens with one attached hydrogen (secondary N) is 2. The highest BCUT2D eigenvalue weighted by atomic mass is 16.2. The van der Waals surface area contributed by atoms with Crippen molar-refractivity contribution < 1.29 is 19.2 Å². The molecule has 1 saturated carbocycles. The molecule has 1 fully saturated rings. The Hall–Kier alpha value is -3.88. The maximum Gasteiger partial charge on any atom is 0.333 e. The number of para-hydroxylation sites is 2. The van der Waals surface area contributed by atoms with Crippen LogP contribution in [-0.4, -0.2) is 54.8 Å². The summed E-state index contributed by atoms with van der Waals surface area (Å²) >= 11 is 0. The van der Waals surface area contributed by atoms with Crippen molar-refractivity contribution in [2.75, 3.05) is 40.6 Å². The summed E-state index contributed by atoms with van der Waals surface area (Å²) in [4.78, 5) is 58.3. The Labute approximate surface area is 224 Å². The molecule has 2 aliphatic rings. The van der Waals surface area contributed by atoms with Gasteiger partial charge in [0.2, 0.25) is 5.91 Å². The van der Waals surface area contributed by atoms with Crippen molar-refractivity contribution in [2.24, 2.45) is 5.41 Å². The maximum absolute atomic E-state index is 14.1. The first-order valence-corrected chi connectivity index (χ1v) is 13.2. The Kier molecular flexibility index (Phi) is 8.04. The van der Waals surface area contributed by atoms with Crippen molar-refractivity contribution in [1.29, 1.82) is 0 Å². The molecule has 0 radical (unpaired) electrons. The number of rotatable bonds is 7. The first-order chi connectivity index (χ1) is 18.1. The highest BCUT2D eigenvalue weighted by Gasteiger charge is 2.42. The Morgan fingerprint density at radius 2 is 1.50 bits per heavy atom. The lowest BCUT2D eigenvalue weighted by Crippen LogP contribution is -2.54. The number of benzene rings is 2. The van der Waals surface area contributed by atoms with E-state index in [1.165, 1.54) is 4.90 Å². The van der Waals surface area contributed by atoms with Gasteiger partial charge in [-0.2, -0.15) is 0 Å². The zero-order valence-electron chi connectivity index (χ0n) is 22.6. The van der Waals surface area contributed by atoms with Gasteiger partial charge in [-0.15, -0.1) is 0 Å². The fourth-order valence-electron chi connectivity index (χ4n) is 4.92. The van der Waals surface area contributed by atoms with Gasteiger partial charge in [-0.3, -0.25) is 19.4 Å². The molecule has 202 valence electrons. The van der Waals surface area contributed by atoms with Crippen LogP contribution in [0.25, 0.3) is 0 Å². The van der Waals surface area contributed by atoms with Crippen LogP contribution in [0.2, 0.25) is 0 Å². The number of carbonyl (C=O) groups is 4. The van der Waals surface area contributed by atoms with E-state index in [1.807, 2.05) is 18.2 Å². The minimum absolute atomic E-state index is 0.0960. The normalized spacial score (nSPS) is 16.7. The minimum Gasteiger partial charge on any atom is -0.388 e. The monoisotopic (exact) mass is 519 g/mol. The molecule has 0 spiro atoms. The Balaban J connectivity index is 1.71. The third kappa shape index (κ3) is 5.82. The van der Waals surface area contributed by atoms with Gasteiger partial charge in [-0.1, -0.05) is 58.2 Å². The lowest BCUT2D eigenvalue weighted by molar-refractivity contribution is -0.124. The number of hydrogen-bond acceptors (Lipinski definition) is 5. The van der Waals surface area contributed by atoms with Gasteiger partial charge in [0.25, 0.3) is 0 Å². The summed E-state index contributed by atoms with van der Waals surface area (Å²) in [6, 6.07) is 13.0. The first kappa shape index (κ1) is 27.2. The highest BCUT2D eigenvalue weighted by molar-refractivity contribution is 6.16. The molecule has 0 bridgehead atoms. The second-order valence-corrected chi connectivity index (χ2v) is 10.9. The van der Waals surface area contributed by atoms with E-state index in [2.05, 4.69) is 10.6 Å². The molecule has 2 aromatic rings. The third-order valence-electron chi connectivity index (χ3n) is 7.15. The van der Waals surface area contributed by atoms with Crippen LogP contribution in [0.15, 0.2) is 48.5 Å². The predicted molar refractivity (Wildman–Crippen MR) is 150 cm³/mol. The number of carbonyl (C=O) groups excluding carboxylic acids is 4. The van der Waals surface area contributed by atoms with E-state index in [0.29, 0.717) is 17.1 Å². The van der Waals surface area contributed by atoms with Crippen LogP contribution < -0.4 is 20.4 Å². The van der Waals surface area contributed by atoms with Gasteiger partial charge in [0.05, 0.1) is 17.9 Å². The van der Waals surface area contributed by atoms with Crippen molar-refractivity contribution in [3.05, 3.63) is 48.5 Å². The summed E-state index contributed by atoms with van der Waals surface area (Å²) in [5.74, 6) is -0.649. The molecular formula is C29H37N5O4. The smallest absolute Gasteiger partial charge is 0.333 e. The average molecular weight is 520 g/mol. The summed E-state index contributed by atoms with van der Waals surface area (Å²) in [6.45, 7) is 4.72. The molecule has 0 unspecified atom stereocenters. The number of Topliss-reactive ketones (excluding diaryl/α,β-unsaturated/α-hetero) is 1. The van der Waals surface area contributed by atoms with Gasteiger partial charge in [-0.05, 0) is 43.2 Å². The van der Waals surface area contributed by atoms with Gasteiger partial charge in [0.15, 0.2) is 5.78 Å². The van der Waals surface area contributed by atoms with Gasteiger partial charge < -0.3 is 10.6 Å². The average Bonchev–Trinajstić information content (AvgIpc) is 2.97.